The van der Waals surface area contributed by atoms with Crippen LogP contribution in [0, 0.1) is 11.7 Å². The maximum Gasteiger partial charge on any atom is 0.308 e. The summed E-state index contributed by atoms with van der Waals surface area (Å²) in [5, 5.41) is 12.2. The predicted octanol–water partition coefficient (Wildman–Crippen LogP) is 3.60. The van der Waals surface area contributed by atoms with E-state index in [1.54, 1.807) is 12.3 Å². The van der Waals surface area contributed by atoms with E-state index in [0.717, 1.165) is 0 Å². The highest BCUT2D eigenvalue weighted by Gasteiger charge is 2.27. The number of nitrogens with two attached hydrogens (primary N) is 1. The van der Waals surface area contributed by atoms with Crippen LogP contribution >= 0.6 is 0 Å². The van der Waals surface area contributed by atoms with Gasteiger partial charge in [0.15, 0.2) is 11.5 Å². The zero-order valence-electron chi connectivity index (χ0n) is 19.9. The second kappa shape index (κ2) is 10.5. The van der Waals surface area contributed by atoms with Crippen molar-refractivity contribution in [1.82, 2.24) is 15.0 Å². The summed E-state index contributed by atoms with van der Waals surface area (Å²) in [6.45, 7) is 4.66. The number of hydrogen-bond acceptors (Lipinski definition) is 8. The highest BCUT2D eigenvalue weighted by Crippen LogP contribution is 2.31. The molecule has 4 N–H and O–H groups in total. The van der Waals surface area contributed by atoms with E-state index in [0.29, 0.717) is 43.1 Å². The molecule has 1 amide bonds. The number of nitrogens with zero attached hydrogens (tertiary/aromatic N) is 4. The maximum absolute atomic E-state index is 14.6. The quantitative estimate of drug-likeness (QED) is 0.449. The maximum atomic E-state index is 14.6. The standard InChI is InChI=1S/C25H27FN6O4/c1-14(2)36-16-5-6-18(26)17(10-16)19-12-29-23(27)22(30-19)24(33)31-20-11-28-8-7-21(20)32-9-3-4-15(13-32)25(34)35/h5-8,10-12,14-15H,3-4,9,13H2,1-2H3,(H2,27,29)(H,31,33)(H,34,35)/t15-/m1/s1. The molecule has 36 heavy (non-hydrogen) atoms. The van der Waals surface area contributed by atoms with Crippen LogP contribution in [0.5, 0.6) is 5.75 Å². The van der Waals surface area contributed by atoms with Crippen LogP contribution in [-0.4, -0.2) is 51.1 Å². The lowest BCUT2D eigenvalue weighted by atomic mass is 9.98. The van der Waals surface area contributed by atoms with Crippen LogP contribution in [0.25, 0.3) is 11.3 Å². The predicted molar refractivity (Wildman–Crippen MR) is 132 cm³/mol. The van der Waals surface area contributed by atoms with Gasteiger partial charge in [-0.05, 0) is 51.0 Å². The zero-order chi connectivity index (χ0) is 25.8. The van der Waals surface area contributed by atoms with E-state index in [-0.39, 0.29) is 28.9 Å². The van der Waals surface area contributed by atoms with Crippen LogP contribution in [0.4, 0.5) is 21.6 Å². The minimum absolute atomic E-state index is 0.110. The van der Waals surface area contributed by atoms with Crippen molar-refractivity contribution in [2.75, 3.05) is 29.0 Å². The number of nitrogen functional groups attached to an aromatic ring is 1. The first-order valence-corrected chi connectivity index (χ1v) is 11.5. The van der Waals surface area contributed by atoms with E-state index in [2.05, 4.69) is 20.3 Å². The molecule has 0 spiro atoms. The van der Waals surface area contributed by atoms with Gasteiger partial charge in [-0.25, -0.2) is 14.4 Å². The number of hydrogen-bond donors (Lipinski definition) is 3. The van der Waals surface area contributed by atoms with Gasteiger partial charge in [-0.2, -0.15) is 0 Å². The summed E-state index contributed by atoms with van der Waals surface area (Å²) in [4.78, 5) is 39.0. The van der Waals surface area contributed by atoms with Crippen molar-refractivity contribution in [2.45, 2.75) is 32.8 Å². The Labute approximate surface area is 207 Å². The molecule has 11 heteroatoms. The number of rotatable bonds is 7. The first kappa shape index (κ1) is 24.8. The highest BCUT2D eigenvalue weighted by atomic mass is 19.1. The van der Waals surface area contributed by atoms with Crippen molar-refractivity contribution in [3.63, 3.8) is 0 Å². The zero-order valence-corrected chi connectivity index (χ0v) is 19.9. The fourth-order valence-corrected chi connectivity index (χ4v) is 4.08. The molecule has 1 atom stereocenters. The van der Waals surface area contributed by atoms with Gasteiger partial charge in [-0.1, -0.05) is 0 Å². The Morgan fingerprint density at radius 2 is 2.08 bits per heavy atom. The van der Waals surface area contributed by atoms with Crippen molar-refractivity contribution in [3.05, 3.63) is 54.4 Å². The molecule has 1 aromatic carbocycles. The first-order valence-electron chi connectivity index (χ1n) is 11.5. The topological polar surface area (TPSA) is 144 Å². The fraction of sp³-hybridized carbons (Fsp3) is 0.320. The molecule has 0 aliphatic carbocycles. The number of carbonyl (C=O) groups excluding carboxylic acids is 1. The Hall–Kier alpha value is -4.28. The van der Waals surface area contributed by atoms with Crippen molar-refractivity contribution in [3.8, 4) is 17.0 Å². The number of carboxylic acids is 1. The molecule has 0 unspecified atom stereocenters. The van der Waals surface area contributed by atoms with Crippen molar-refractivity contribution in [1.29, 1.82) is 0 Å². The number of nitrogens with one attached hydrogen (secondary N) is 1. The fourth-order valence-electron chi connectivity index (χ4n) is 4.08. The summed E-state index contributed by atoms with van der Waals surface area (Å²) in [6.07, 6.45) is 5.52. The Balaban J connectivity index is 1.61. The summed E-state index contributed by atoms with van der Waals surface area (Å²) >= 11 is 0. The third kappa shape index (κ3) is 5.51. The number of aliphatic carboxylic acids is 1. The van der Waals surface area contributed by atoms with E-state index < -0.39 is 23.6 Å². The number of benzene rings is 1. The van der Waals surface area contributed by atoms with Gasteiger partial charge in [-0.15, -0.1) is 0 Å². The summed E-state index contributed by atoms with van der Waals surface area (Å²) in [7, 11) is 0. The van der Waals surface area contributed by atoms with Crippen LogP contribution in [-0.2, 0) is 4.79 Å². The van der Waals surface area contributed by atoms with Gasteiger partial charge in [0.05, 0.1) is 41.5 Å². The van der Waals surface area contributed by atoms with Gasteiger partial charge in [-0.3, -0.25) is 14.6 Å². The van der Waals surface area contributed by atoms with Crippen molar-refractivity contribution in [2.24, 2.45) is 5.92 Å². The van der Waals surface area contributed by atoms with Gasteiger partial charge in [0.1, 0.15) is 11.6 Å². The number of carboxylic acid groups (broad SMARTS) is 1. The number of anilines is 3. The number of pyridine rings is 1. The Morgan fingerprint density at radius 3 is 2.83 bits per heavy atom. The average molecular weight is 495 g/mol. The lowest BCUT2D eigenvalue weighted by Crippen LogP contribution is -2.39. The van der Waals surface area contributed by atoms with E-state index in [1.165, 1.54) is 30.6 Å². The van der Waals surface area contributed by atoms with Crippen LogP contribution in [0.15, 0.2) is 42.9 Å². The minimum Gasteiger partial charge on any atom is -0.491 e. The molecule has 0 saturated carbocycles. The second-order valence-corrected chi connectivity index (χ2v) is 8.77. The molecule has 1 aliphatic rings. The van der Waals surface area contributed by atoms with Crippen LogP contribution < -0.4 is 20.7 Å². The summed E-state index contributed by atoms with van der Waals surface area (Å²) < 4.78 is 20.2. The second-order valence-electron chi connectivity index (χ2n) is 8.77. The van der Waals surface area contributed by atoms with E-state index in [1.807, 2.05) is 18.7 Å². The smallest absolute Gasteiger partial charge is 0.308 e. The molecular formula is C25H27FN6O4. The largest absolute Gasteiger partial charge is 0.491 e. The molecule has 3 heterocycles. The third-order valence-electron chi connectivity index (χ3n) is 5.76. The van der Waals surface area contributed by atoms with Crippen molar-refractivity contribution >= 4 is 29.1 Å². The number of amides is 1. The van der Waals surface area contributed by atoms with Gasteiger partial charge in [0.2, 0.25) is 0 Å². The van der Waals surface area contributed by atoms with Crippen LogP contribution in [0.2, 0.25) is 0 Å². The van der Waals surface area contributed by atoms with E-state index >= 15 is 0 Å². The SMILES string of the molecule is CC(C)Oc1ccc(F)c(-c2cnc(N)c(C(=O)Nc3cnccc3N3CCC[C@@H](C(=O)O)C3)n2)c1. The van der Waals surface area contributed by atoms with Gasteiger partial charge in [0, 0.05) is 24.8 Å². The van der Waals surface area contributed by atoms with E-state index in [4.69, 9.17) is 10.5 Å². The lowest BCUT2D eigenvalue weighted by Gasteiger charge is -2.33. The summed E-state index contributed by atoms with van der Waals surface area (Å²) in [5.41, 5.74) is 7.01. The molecule has 1 saturated heterocycles. The normalized spacial score (nSPS) is 15.6. The van der Waals surface area contributed by atoms with E-state index in [9.17, 15) is 19.1 Å². The molecule has 188 valence electrons. The molecule has 1 fully saturated rings. The van der Waals surface area contributed by atoms with Crippen molar-refractivity contribution < 1.29 is 23.8 Å². The Kier molecular flexibility index (Phi) is 7.28. The first-order chi connectivity index (χ1) is 17.2. The molecular weight excluding hydrogens is 467 g/mol. The number of ether oxygens (including phenoxy) is 1. The Morgan fingerprint density at radius 1 is 1.28 bits per heavy atom. The summed E-state index contributed by atoms with van der Waals surface area (Å²) in [5.74, 6) is -2.23. The Bertz CT molecular complexity index is 1290. The molecule has 4 rings (SSSR count). The number of carbonyl (C=O) groups is 2. The van der Waals surface area contributed by atoms with Crippen LogP contribution in [0.1, 0.15) is 37.2 Å². The molecule has 0 bridgehead atoms. The molecule has 10 nitrogen and oxygen atoms in total. The molecule has 1 aliphatic heterocycles. The third-order valence-corrected chi connectivity index (χ3v) is 5.76. The average Bonchev–Trinajstić information content (AvgIpc) is 2.85. The number of piperidine rings is 1. The molecule has 3 aromatic rings. The monoisotopic (exact) mass is 494 g/mol. The minimum atomic E-state index is -0.852. The molecule has 2 aromatic heterocycles. The highest BCUT2D eigenvalue weighted by molar-refractivity contribution is 6.07. The molecule has 0 radical (unpaired) electrons. The number of halogens is 1. The van der Waals surface area contributed by atoms with Gasteiger partial charge in [0.25, 0.3) is 5.91 Å². The van der Waals surface area contributed by atoms with Gasteiger partial charge >= 0.3 is 5.97 Å². The number of aromatic nitrogens is 3. The van der Waals surface area contributed by atoms with Crippen LogP contribution in [0.3, 0.4) is 0 Å². The van der Waals surface area contributed by atoms with Gasteiger partial charge < -0.3 is 25.8 Å². The summed E-state index contributed by atoms with van der Waals surface area (Å²) in [6, 6.07) is 5.97. The lowest BCUT2D eigenvalue weighted by molar-refractivity contribution is -0.141.